The molecule has 0 spiro atoms. The first-order valence-corrected chi connectivity index (χ1v) is 5.43. The first kappa shape index (κ1) is 12.0. The zero-order chi connectivity index (χ0) is 10.8. The van der Waals surface area contributed by atoms with Crippen LogP contribution in [0.25, 0.3) is 0 Å². The molecule has 1 rings (SSSR count). The van der Waals surface area contributed by atoms with Crippen LogP contribution in [0.3, 0.4) is 0 Å². The molecule has 0 aromatic carbocycles. The fourth-order valence-electron chi connectivity index (χ4n) is 0.951. The Morgan fingerprint density at radius 1 is 1.36 bits per heavy atom. The minimum Gasteiger partial charge on any atom is -0.257 e. The lowest BCUT2D eigenvalue weighted by Gasteiger charge is -2.06. The van der Waals surface area contributed by atoms with Crippen LogP contribution in [-0.2, 0) is 6.54 Å². The van der Waals surface area contributed by atoms with Crippen molar-refractivity contribution in [1.29, 1.82) is 0 Å². The Labute approximate surface area is 95.7 Å². The van der Waals surface area contributed by atoms with Gasteiger partial charge in [-0.05, 0) is 38.3 Å². The summed E-state index contributed by atoms with van der Waals surface area (Å²) in [7, 11) is 0. The number of rotatable bonds is 3. The van der Waals surface area contributed by atoms with Crippen molar-refractivity contribution in [3.8, 4) is 0 Å². The second-order valence-electron chi connectivity index (χ2n) is 2.73. The molecule has 0 unspecified atom stereocenters. The lowest BCUT2D eigenvalue weighted by Crippen LogP contribution is -2.10. The molecule has 1 heterocycles. The zero-order valence-electron chi connectivity index (χ0n) is 6.98. The highest BCUT2D eigenvalue weighted by atomic mass is 79.9. The Bertz CT molecular complexity index is 308. The summed E-state index contributed by atoms with van der Waals surface area (Å²) in [6, 6.07) is 1.69. The maximum Gasteiger partial charge on any atom is 0.389 e. The summed E-state index contributed by atoms with van der Waals surface area (Å²) in [5.41, 5.74) is 0. The molecule has 0 amide bonds. The lowest BCUT2D eigenvalue weighted by molar-refractivity contribution is -0.136. The van der Waals surface area contributed by atoms with Gasteiger partial charge >= 0.3 is 6.18 Å². The van der Waals surface area contributed by atoms with Gasteiger partial charge in [0, 0.05) is 19.0 Å². The number of aromatic nitrogens is 2. The van der Waals surface area contributed by atoms with Crippen molar-refractivity contribution in [1.82, 2.24) is 9.78 Å². The molecule has 0 atom stereocenters. The molecule has 0 saturated carbocycles. The van der Waals surface area contributed by atoms with E-state index < -0.39 is 12.6 Å². The summed E-state index contributed by atoms with van der Waals surface area (Å²) in [6.07, 6.45) is -4.83. The Morgan fingerprint density at radius 2 is 2.00 bits per heavy atom. The van der Waals surface area contributed by atoms with Gasteiger partial charge < -0.3 is 0 Å². The molecule has 0 bridgehead atoms. The van der Waals surface area contributed by atoms with Crippen LogP contribution in [0.5, 0.6) is 0 Å². The lowest BCUT2D eigenvalue weighted by atomic mass is 10.3. The fraction of sp³-hybridized carbons (Fsp3) is 0.571. The molecule has 0 aliphatic rings. The summed E-state index contributed by atoms with van der Waals surface area (Å²) in [5.74, 6) is 0. The van der Waals surface area contributed by atoms with E-state index in [2.05, 4.69) is 37.0 Å². The van der Waals surface area contributed by atoms with Crippen molar-refractivity contribution < 1.29 is 13.2 Å². The van der Waals surface area contributed by atoms with Crippen LogP contribution in [-0.4, -0.2) is 16.0 Å². The van der Waals surface area contributed by atoms with E-state index in [1.54, 1.807) is 6.07 Å². The van der Waals surface area contributed by atoms with Gasteiger partial charge in [-0.3, -0.25) is 4.68 Å². The van der Waals surface area contributed by atoms with Crippen molar-refractivity contribution in [2.24, 2.45) is 0 Å². The Morgan fingerprint density at radius 3 is 2.43 bits per heavy atom. The minimum atomic E-state index is -4.09. The maximum absolute atomic E-state index is 11.8. The first-order chi connectivity index (χ1) is 6.38. The highest BCUT2D eigenvalue weighted by molar-refractivity contribution is 9.11. The van der Waals surface area contributed by atoms with Gasteiger partial charge in [0.15, 0.2) is 0 Å². The predicted molar refractivity (Wildman–Crippen MR) is 52.9 cm³/mol. The standard InChI is InChI=1S/C7H7Br2F3N2/c8-5-4-6(9)14(13-5)3-1-2-7(10,11)12/h4H,1-3H2. The van der Waals surface area contributed by atoms with Gasteiger partial charge in [0.25, 0.3) is 0 Å². The van der Waals surface area contributed by atoms with Gasteiger partial charge in [-0.25, -0.2) is 0 Å². The summed E-state index contributed by atoms with van der Waals surface area (Å²) in [6.45, 7) is 0.256. The molecule has 0 aliphatic heterocycles. The molecule has 80 valence electrons. The maximum atomic E-state index is 11.8. The third-order valence-electron chi connectivity index (χ3n) is 1.53. The van der Waals surface area contributed by atoms with Gasteiger partial charge in [-0.2, -0.15) is 18.3 Å². The third kappa shape index (κ3) is 4.00. The molecule has 0 radical (unpaired) electrons. The van der Waals surface area contributed by atoms with Crippen LogP contribution in [0, 0.1) is 0 Å². The monoisotopic (exact) mass is 334 g/mol. The smallest absolute Gasteiger partial charge is 0.257 e. The molecular formula is C7H7Br2F3N2. The summed E-state index contributed by atoms with van der Waals surface area (Å²) in [5, 5.41) is 3.95. The summed E-state index contributed by atoms with van der Waals surface area (Å²) >= 11 is 6.32. The van der Waals surface area contributed by atoms with Crippen LogP contribution < -0.4 is 0 Å². The van der Waals surface area contributed by atoms with Gasteiger partial charge in [0.2, 0.25) is 0 Å². The van der Waals surface area contributed by atoms with Crippen LogP contribution >= 0.6 is 31.9 Å². The van der Waals surface area contributed by atoms with Crippen molar-refractivity contribution in [3.63, 3.8) is 0 Å². The van der Waals surface area contributed by atoms with E-state index in [4.69, 9.17) is 0 Å². The number of halogens is 5. The number of alkyl halides is 3. The molecule has 14 heavy (non-hydrogen) atoms. The molecule has 1 aromatic rings. The average Bonchev–Trinajstić information content (AvgIpc) is 2.27. The van der Waals surface area contributed by atoms with Crippen molar-refractivity contribution in [3.05, 3.63) is 15.3 Å². The minimum absolute atomic E-state index is 0.0379. The van der Waals surface area contributed by atoms with Crippen molar-refractivity contribution in [2.75, 3.05) is 0 Å². The van der Waals surface area contributed by atoms with E-state index >= 15 is 0 Å². The van der Waals surface area contributed by atoms with Crippen LogP contribution in [0.1, 0.15) is 12.8 Å². The Balaban J connectivity index is 2.42. The van der Waals surface area contributed by atoms with E-state index in [-0.39, 0.29) is 13.0 Å². The molecule has 7 heteroatoms. The number of nitrogens with zero attached hydrogens (tertiary/aromatic N) is 2. The zero-order valence-corrected chi connectivity index (χ0v) is 10.2. The molecule has 0 fully saturated rings. The van der Waals surface area contributed by atoms with E-state index in [1.165, 1.54) is 4.68 Å². The summed E-state index contributed by atoms with van der Waals surface area (Å²) in [4.78, 5) is 0. The molecule has 0 N–H and O–H groups in total. The number of aryl methyl sites for hydroxylation is 1. The molecule has 1 aromatic heterocycles. The third-order valence-corrected chi connectivity index (χ3v) is 2.56. The van der Waals surface area contributed by atoms with Crippen LogP contribution in [0.4, 0.5) is 13.2 Å². The molecule has 2 nitrogen and oxygen atoms in total. The van der Waals surface area contributed by atoms with Crippen LogP contribution in [0.15, 0.2) is 15.3 Å². The highest BCUT2D eigenvalue weighted by Gasteiger charge is 2.26. The average molecular weight is 336 g/mol. The van der Waals surface area contributed by atoms with E-state index in [0.29, 0.717) is 9.21 Å². The second-order valence-corrected chi connectivity index (χ2v) is 4.36. The van der Waals surface area contributed by atoms with Gasteiger partial charge in [0.1, 0.15) is 9.21 Å². The predicted octanol–water partition coefficient (Wildman–Crippen LogP) is 3.75. The van der Waals surface area contributed by atoms with Crippen molar-refractivity contribution in [2.45, 2.75) is 25.6 Å². The molecular weight excluding hydrogens is 329 g/mol. The molecule has 0 aliphatic carbocycles. The van der Waals surface area contributed by atoms with Gasteiger partial charge in [-0.1, -0.05) is 0 Å². The largest absolute Gasteiger partial charge is 0.389 e. The van der Waals surface area contributed by atoms with Gasteiger partial charge in [0.05, 0.1) is 0 Å². The fourth-order valence-corrected chi connectivity index (χ4v) is 2.14. The van der Waals surface area contributed by atoms with Gasteiger partial charge in [-0.15, -0.1) is 0 Å². The highest BCUT2D eigenvalue weighted by Crippen LogP contribution is 2.23. The van der Waals surface area contributed by atoms with Crippen LogP contribution in [0.2, 0.25) is 0 Å². The molecule has 0 saturated heterocycles. The normalized spacial score (nSPS) is 12.1. The number of hydrogen-bond donors (Lipinski definition) is 0. The quantitative estimate of drug-likeness (QED) is 0.822. The van der Waals surface area contributed by atoms with E-state index in [0.717, 1.165) is 0 Å². The van der Waals surface area contributed by atoms with E-state index in [9.17, 15) is 13.2 Å². The Hall–Kier alpha value is -0.0400. The second kappa shape index (κ2) is 4.65. The van der Waals surface area contributed by atoms with E-state index in [1.807, 2.05) is 0 Å². The topological polar surface area (TPSA) is 17.8 Å². The Kier molecular flexibility index (Phi) is 4.00. The SMILES string of the molecule is FC(F)(F)CCCn1nc(Br)cc1Br. The summed E-state index contributed by atoms with van der Waals surface area (Å²) < 4.78 is 38.2. The first-order valence-electron chi connectivity index (χ1n) is 3.84. The van der Waals surface area contributed by atoms with Crippen molar-refractivity contribution >= 4 is 31.9 Å². The number of hydrogen-bond acceptors (Lipinski definition) is 1.